The number of benzene rings is 1. The van der Waals surface area contributed by atoms with Crippen LogP contribution in [0.3, 0.4) is 0 Å². The number of methoxy groups -OCH3 is 2. The SMILES string of the molecule is COC(=O)c1cc(C(=O)OC)cc(C2CCCCC2)c1. The average molecular weight is 276 g/mol. The Morgan fingerprint density at radius 1 is 0.900 bits per heavy atom. The lowest BCUT2D eigenvalue weighted by Crippen LogP contribution is -2.11. The molecule has 1 fully saturated rings. The highest BCUT2D eigenvalue weighted by Crippen LogP contribution is 2.33. The molecule has 1 aliphatic rings. The van der Waals surface area contributed by atoms with Gasteiger partial charge in [0.15, 0.2) is 0 Å². The minimum atomic E-state index is -0.423. The van der Waals surface area contributed by atoms with Gasteiger partial charge in [-0.25, -0.2) is 9.59 Å². The standard InChI is InChI=1S/C16H20O4/c1-19-15(17)13-8-12(11-6-4-3-5-7-11)9-14(10-13)16(18)20-2/h8-11H,3-7H2,1-2H3. The number of hydrogen-bond donors (Lipinski definition) is 0. The molecule has 0 aliphatic heterocycles. The first-order chi connectivity index (χ1) is 9.65. The molecule has 0 bridgehead atoms. The van der Waals surface area contributed by atoms with Crippen LogP contribution in [0.5, 0.6) is 0 Å². The van der Waals surface area contributed by atoms with Crippen molar-refractivity contribution >= 4 is 11.9 Å². The Kier molecular flexibility index (Phi) is 4.77. The summed E-state index contributed by atoms with van der Waals surface area (Å²) in [4.78, 5) is 23.5. The van der Waals surface area contributed by atoms with Gasteiger partial charge in [0.2, 0.25) is 0 Å². The number of rotatable bonds is 3. The normalized spacial score (nSPS) is 15.7. The topological polar surface area (TPSA) is 52.6 Å². The van der Waals surface area contributed by atoms with Crippen molar-refractivity contribution in [2.24, 2.45) is 0 Å². The van der Waals surface area contributed by atoms with Crippen molar-refractivity contribution < 1.29 is 19.1 Å². The summed E-state index contributed by atoms with van der Waals surface area (Å²) in [6.07, 6.45) is 5.86. The van der Waals surface area contributed by atoms with Gasteiger partial charge in [0.25, 0.3) is 0 Å². The average Bonchev–Trinajstić information content (AvgIpc) is 2.53. The monoisotopic (exact) mass is 276 g/mol. The summed E-state index contributed by atoms with van der Waals surface area (Å²) in [6.45, 7) is 0. The Labute approximate surface area is 119 Å². The van der Waals surface area contributed by atoms with Gasteiger partial charge < -0.3 is 9.47 Å². The van der Waals surface area contributed by atoms with Crippen LogP contribution in [0.2, 0.25) is 0 Å². The Balaban J connectivity index is 2.38. The van der Waals surface area contributed by atoms with E-state index < -0.39 is 11.9 Å². The number of carbonyl (C=O) groups excluding carboxylic acids is 2. The molecule has 1 aliphatic carbocycles. The van der Waals surface area contributed by atoms with Crippen LogP contribution in [0, 0.1) is 0 Å². The Morgan fingerprint density at radius 3 is 1.85 bits per heavy atom. The summed E-state index contributed by atoms with van der Waals surface area (Å²) < 4.78 is 9.51. The van der Waals surface area contributed by atoms with Gasteiger partial charge in [-0.15, -0.1) is 0 Å². The zero-order valence-corrected chi connectivity index (χ0v) is 12.0. The van der Waals surface area contributed by atoms with E-state index in [2.05, 4.69) is 0 Å². The van der Waals surface area contributed by atoms with Crippen LogP contribution in [-0.2, 0) is 9.47 Å². The van der Waals surface area contributed by atoms with Crippen molar-refractivity contribution in [1.82, 2.24) is 0 Å². The predicted molar refractivity (Wildman–Crippen MR) is 74.9 cm³/mol. The first kappa shape index (κ1) is 14.6. The lowest BCUT2D eigenvalue weighted by Gasteiger charge is -2.22. The molecule has 2 rings (SSSR count). The molecule has 0 unspecified atom stereocenters. The number of esters is 2. The van der Waals surface area contributed by atoms with Crippen LogP contribution in [0.25, 0.3) is 0 Å². The van der Waals surface area contributed by atoms with Gasteiger partial charge >= 0.3 is 11.9 Å². The molecule has 0 amide bonds. The lowest BCUT2D eigenvalue weighted by atomic mass is 9.83. The molecule has 20 heavy (non-hydrogen) atoms. The first-order valence-corrected chi connectivity index (χ1v) is 6.97. The Morgan fingerprint density at radius 2 is 1.40 bits per heavy atom. The number of hydrogen-bond acceptors (Lipinski definition) is 4. The van der Waals surface area contributed by atoms with Crippen molar-refractivity contribution in [1.29, 1.82) is 0 Å². The molecule has 1 saturated carbocycles. The van der Waals surface area contributed by atoms with E-state index in [0.29, 0.717) is 17.0 Å². The first-order valence-electron chi connectivity index (χ1n) is 6.97. The van der Waals surface area contributed by atoms with Crippen LogP contribution in [0.15, 0.2) is 18.2 Å². The summed E-state index contributed by atoms with van der Waals surface area (Å²) in [5, 5.41) is 0. The minimum absolute atomic E-state index is 0.413. The second-order valence-corrected chi connectivity index (χ2v) is 5.16. The van der Waals surface area contributed by atoms with E-state index in [1.807, 2.05) is 12.1 Å². The molecule has 4 nitrogen and oxygen atoms in total. The van der Waals surface area contributed by atoms with E-state index in [-0.39, 0.29) is 0 Å². The molecule has 0 heterocycles. The molecule has 108 valence electrons. The third-order valence-electron chi connectivity index (χ3n) is 3.87. The van der Waals surface area contributed by atoms with Crippen molar-refractivity contribution in [2.75, 3.05) is 14.2 Å². The smallest absolute Gasteiger partial charge is 0.337 e. The van der Waals surface area contributed by atoms with E-state index in [1.54, 1.807) is 0 Å². The summed E-state index contributed by atoms with van der Waals surface area (Å²) >= 11 is 0. The molecule has 0 spiro atoms. The maximum atomic E-state index is 11.7. The molecule has 4 heteroatoms. The fraction of sp³-hybridized carbons (Fsp3) is 0.500. The maximum absolute atomic E-state index is 11.7. The van der Waals surface area contributed by atoms with E-state index >= 15 is 0 Å². The summed E-state index contributed by atoms with van der Waals surface area (Å²) in [5.41, 5.74) is 1.86. The van der Waals surface area contributed by atoms with Crippen LogP contribution in [-0.4, -0.2) is 26.2 Å². The van der Waals surface area contributed by atoms with Crippen molar-refractivity contribution in [3.63, 3.8) is 0 Å². The molecule has 0 N–H and O–H groups in total. The van der Waals surface area contributed by atoms with Crippen molar-refractivity contribution in [3.8, 4) is 0 Å². The lowest BCUT2D eigenvalue weighted by molar-refractivity contribution is 0.0599. The van der Waals surface area contributed by atoms with Crippen LogP contribution >= 0.6 is 0 Å². The fourth-order valence-electron chi connectivity index (χ4n) is 2.79. The zero-order valence-electron chi connectivity index (χ0n) is 12.0. The van der Waals surface area contributed by atoms with Crippen LogP contribution in [0.4, 0.5) is 0 Å². The van der Waals surface area contributed by atoms with Gasteiger partial charge in [0, 0.05) is 0 Å². The highest BCUT2D eigenvalue weighted by atomic mass is 16.5. The van der Waals surface area contributed by atoms with Gasteiger partial charge in [0.1, 0.15) is 0 Å². The van der Waals surface area contributed by atoms with Gasteiger partial charge in [-0.1, -0.05) is 19.3 Å². The zero-order chi connectivity index (χ0) is 14.5. The minimum Gasteiger partial charge on any atom is -0.465 e. The quantitative estimate of drug-likeness (QED) is 0.795. The second-order valence-electron chi connectivity index (χ2n) is 5.16. The number of ether oxygens (including phenoxy) is 2. The fourth-order valence-corrected chi connectivity index (χ4v) is 2.79. The summed E-state index contributed by atoms with van der Waals surface area (Å²) in [7, 11) is 2.68. The molecular formula is C16H20O4. The molecule has 1 aromatic rings. The second kappa shape index (κ2) is 6.55. The highest BCUT2D eigenvalue weighted by Gasteiger charge is 2.20. The van der Waals surface area contributed by atoms with Crippen LogP contribution < -0.4 is 0 Å². The Bertz CT molecular complexity index is 467. The molecule has 0 atom stereocenters. The molecule has 1 aromatic carbocycles. The van der Waals surface area contributed by atoms with Gasteiger partial charge in [-0.3, -0.25) is 0 Å². The van der Waals surface area contributed by atoms with Crippen molar-refractivity contribution in [2.45, 2.75) is 38.0 Å². The van der Waals surface area contributed by atoms with E-state index in [9.17, 15) is 9.59 Å². The largest absolute Gasteiger partial charge is 0.465 e. The number of carbonyl (C=O) groups is 2. The van der Waals surface area contributed by atoms with Gasteiger partial charge in [-0.05, 0) is 42.5 Å². The predicted octanol–water partition coefficient (Wildman–Crippen LogP) is 3.31. The van der Waals surface area contributed by atoms with Crippen molar-refractivity contribution in [3.05, 3.63) is 34.9 Å². The molecule has 0 radical (unpaired) electrons. The maximum Gasteiger partial charge on any atom is 0.337 e. The molecule has 0 aromatic heterocycles. The molecule has 0 saturated heterocycles. The van der Waals surface area contributed by atoms with E-state index in [4.69, 9.17) is 9.47 Å². The van der Waals surface area contributed by atoms with Gasteiger partial charge in [-0.2, -0.15) is 0 Å². The third kappa shape index (κ3) is 3.18. The third-order valence-corrected chi connectivity index (χ3v) is 3.87. The molecular weight excluding hydrogens is 256 g/mol. The van der Waals surface area contributed by atoms with Crippen LogP contribution in [0.1, 0.15) is 64.3 Å². The summed E-state index contributed by atoms with van der Waals surface area (Å²) in [5.74, 6) is -0.433. The van der Waals surface area contributed by atoms with E-state index in [0.717, 1.165) is 18.4 Å². The van der Waals surface area contributed by atoms with Gasteiger partial charge in [0.05, 0.1) is 25.3 Å². The Hall–Kier alpha value is -1.84. The summed E-state index contributed by atoms with van der Waals surface area (Å²) in [6, 6.07) is 5.21. The van der Waals surface area contributed by atoms with E-state index in [1.165, 1.54) is 39.5 Å². The highest BCUT2D eigenvalue weighted by molar-refractivity contribution is 5.95.